The molecule has 3 rings (SSSR count). The Labute approximate surface area is 144 Å². The van der Waals surface area contributed by atoms with Gasteiger partial charge >= 0.3 is 0 Å². The second-order valence-electron chi connectivity index (χ2n) is 5.42. The van der Waals surface area contributed by atoms with E-state index in [0.717, 1.165) is 5.56 Å². The lowest BCUT2D eigenvalue weighted by Crippen LogP contribution is -2.24. The topological polar surface area (TPSA) is 66.9 Å². The van der Waals surface area contributed by atoms with Crippen LogP contribution in [0.3, 0.4) is 0 Å². The molecule has 0 aliphatic rings. The summed E-state index contributed by atoms with van der Waals surface area (Å²) in [5, 5.41) is 13.7. The number of nitrogens with one attached hydrogen (secondary N) is 2. The highest BCUT2D eigenvalue weighted by molar-refractivity contribution is 5.92. The highest BCUT2D eigenvalue weighted by atomic mass is 19.1. The number of aromatic nitrogens is 2. The summed E-state index contributed by atoms with van der Waals surface area (Å²) < 4.78 is 13.5. The van der Waals surface area contributed by atoms with Gasteiger partial charge in [0.1, 0.15) is 11.6 Å². The minimum Gasteiger partial charge on any atom is -0.365 e. The maximum atomic E-state index is 13.5. The molecule has 5 nitrogen and oxygen atoms in total. The van der Waals surface area contributed by atoms with Crippen LogP contribution in [0.25, 0.3) is 0 Å². The van der Waals surface area contributed by atoms with Crippen LogP contribution in [-0.2, 0) is 13.1 Å². The van der Waals surface area contributed by atoms with E-state index >= 15 is 0 Å². The number of hydrogen-bond acceptors (Lipinski definition) is 4. The fourth-order valence-electron chi connectivity index (χ4n) is 2.24. The van der Waals surface area contributed by atoms with E-state index < -0.39 is 5.91 Å². The molecule has 1 heterocycles. The van der Waals surface area contributed by atoms with Crippen molar-refractivity contribution in [1.29, 1.82) is 0 Å². The quantitative estimate of drug-likeness (QED) is 0.726. The van der Waals surface area contributed by atoms with Gasteiger partial charge in [-0.3, -0.25) is 4.79 Å². The Morgan fingerprint density at radius 1 is 0.880 bits per heavy atom. The van der Waals surface area contributed by atoms with Crippen molar-refractivity contribution in [3.05, 3.63) is 89.4 Å². The highest BCUT2D eigenvalue weighted by Crippen LogP contribution is 2.08. The number of amides is 1. The maximum Gasteiger partial charge on any atom is 0.272 e. The van der Waals surface area contributed by atoms with Crippen molar-refractivity contribution in [3.8, 4) is 0 Å². The molecule has 0 aliphatic heterocycles. The van der Waals surface area contributed by atoms with Gasteiger partial charge in [0.15, 0.2) is 5.69 Å². The van der Waals surface area contributed by atoms with Gasteiger partial charge in [-0.05, 0) is 23.8 Å². The molecule has 25 heavy (non-hydrogen) atoms. The van der Waals surface area contributed by atoms with E-state index in [2.05, 4.69) is 20.8 Å². The van der Waals surface area contributed by atoms with Gasteiger partial charge in [-0.25, -0.2) is 4.39 Å². The number of nitrogens with zero attached hydrogens (tertiary/aromatic N) is 2. The number of halogens is 1. The minimum atomic E-state index is -0.398. The predicted octanol–water partition coefficient (Wildman–Crippen LogP) is 3.16. The van der Waals surface area contributed by atoms with Crippen molar-refractivity contribution in [3.63, 3.8) is 0 Å². The molecule has 2 aromatic carbocycles. The monoisotopic (exact) mass is 336 g/mol. The molecular weight excluding hydrogens is 319 g/mol. The van der Waals surface area contributed by atoms with Crippen LogP contribution in [0.1, 0.15) is 21.6 Å². The second-order valence-corrected chi connectivity index (χ2v) is 5.42. The molecular formula is C19H17FN4O. The van der Waals surface area contributed by atoms with E-state index in [1.807, 2.05) is 30.3 Å². The van der Waals surface area contributed by atoms with Gasteiger partial charge < -0.3 is 10.6 Å². The van der Waals surface area contributed by atoms with E-state index in [0.29, 0.717) is 17.9 Å². The molecule has 0 spiro atoms. The number of anilines is 1. The summed E-state index contributed by atoms with van der Waals surface area (Å²) >= 11 is 0. The fourth-order valence-corrected chi connectivity index (χ4v) is 2.24. The first kappa shape index (κ1) is 16.6. The summed E-state index contributed by atoms with van der Waals surface area (Å²) in [6.07, 6.45) is 0. The van der Waals surface area contributed by atoms with Crippen molar-refractivity contribution in [2.24, 2.45) is 0 Å². The van der Waals surface area contributed by atoms with Gasteiger partial charge in [0.25, 0.3) is 5.91 Å². The van der Waals surface area contributed by atoms with Crippen LogP contribution in [-0.4, -0.2) is 16.1 Å². The number of hydrogen-bond donors (Lipinski definition) is 2. The number of rotatable bonds is 6. The van der Waals surface area contributed by atoms with Gasteiger partial charge in [-0.15, -0.1) is 10.2 Å². The zero-order valence-corrected chi connectivity index (χ0v) is 13.4. The van der Waals surface area contributed by atoms with Gasteiger partial charge in [-0.1, -0.05) is 48.5 Å². The molecule has 0 radical (unpaired) electrons. The van der Waals surface area contributed by atoms with E-state index in [1.54, 1.807) is 30.3 Å². The maximum absolute atomic E-state index is 13.5. The largest absolute Gasteiger partial charge is 0.365 e. The normalized spacial score (nSPS) is 10.3. The third-order valence-electron chi connectivity index (χ3n) is 3.61. The van der Waals surface area contributed by atoms with Gasteiger partial charge in [-0.2, -0.15) is 0 Å². The smallest absolute Gasteiger partial charge is 0.272 e. The molecule has 0 unspecified atom stereocenters. The molecule has 6 heteroatoms. The Balaban J connectivity index is 1.54. The van der Waals surface area contributed by atoms with Gasteiger partial charge in [0, 0.05) is 18.7 Å². The van der Waals surface area contributed by atoms with E-state index in [4.69, 9.17) is 0 Å². The lowest BCUT2D eigenvalue weighted by molar-refractivity contribution is 0.0944. The Morgan fingerprint density at radius 3 is 2.36 bits per heavy atom. The predicted molar refractivity (Wildman–Crippen MR) is 93.4 cm³/mol. The van der Waals surface area contributed by atoms with Crippen LogP contribution in [0.4, 0.5) is 10.2 Å². The van der Waals surface area contributed by atoms with Crippen LogP contribution < -0.4 is 10.6 Å². The summed E-state index contributed by atoms with van der Waals surface area (Å²) in [6, 6.07) is 19.5. The van der Waals surface area contributed by atoms with Crippen LogP contribution in [0.2, 0.25) is 0 Å². The molecule has 0 fully saturated rings. The first-order valence-electron chi connectivity index (χ1n) is 7.85. The summed E-state index contributed by atoms with van der Waals surface area (Å²) in [4.78, 5) is 12.1. The zero-order valence-electron chi connectivity index (χ0n) is 13.4. The molecule has 2 N–H and O–H groups in total. The molecule has 126 valence electrons. The third-order valence-corrected chi connectivity index (χ3v) is 3.61. The second kappa shape index (κ2) is 8.01. The first-order valence-corrected chi connectivity index (χ1v) is 7.85. The third kappa shape index (κ3) is 4.60. The SMILES string of the molecule is O=C(NCc1ccccc1F)c1ccc(NCc2ccccc2)nn1. The van der Waals surface area contributed by atoms with Gasteiger partial charge in [0.2, 0.25) is 0 Å². The van der Waals surface area contributed by atoms with Crippen LogP contribution >= 0.6 is 0 Å². The number of benzene rings is 2. The van der Waals surface area contributed by atoms with Crippen molar-refractivity contribution in [2.45, 2.75) is 13.1 Å². The van der Waals surface area contributed by atoms with Crippen LogP contribution in [0.15, 0.2) is 66.7 Å². The van der Waals surface area contributed by atoms with Crippen molar-refractivity contribution in [1.82, 2.24) is 15.5 Å². The van der Waals surface area contributed by atoms with Crippen LogP contribution in [0, 0.1) is 5.82 Å². The number of carbonyl (C=O) groups is 1. The summed E-state index contributed by atoms with van der Waals surface area (Å²) in [6.45, 7) is 0.718. The Morgan fingerprint density at radius 2 is 1.64 bits per heavy atom. The lowest BCUT2D eigenvalue weighted by atomic mass is 10.2. The summed E-state index contributed by atoms with van der Waals surface area (Å²) in [5.74, 6) is -0.172. The van der Waals surface area contributed by atoms with E-state index in [-0.39, 0.29) is 18.1 Å². The summed E-state index contributed by atoms with van der Waals surface area (Å²) in [7, 11) is 0. The van der Waals surface area contributed by atoms with Crippen molar-refractivity contribution in [2.75, 3.05) is 5.32 Å². The minimum absolute atomic E-state index is 0.0984. The molecule has 0 aliphatic carbocycles. The van der Waals surface area contributed by atoms with Crippen molar-refractivity contribution < 1.29 is 9.18 Å². The van der Waals surface area contributed by atoms with Gasteiger partial charge in [0.05, 0.1) is 0 Å². The summed E-state index contributed by atoms with van der Waals surface area (Å²) in [5.41, 5.74) is 1.72. The van der Waals surface area contributed by atoms with E-state index in [1.165, 1.54) is 6.07 Å². The average Bonchev–Trinajstić information content (AvgIpc) is 2.67. The molecule has 0 saturated heterocycles. The zero-order chi connectivity index (χ0) is 17.5. The Bertz CT molecular complexity index is 838. The standard InChI is InChI=1S/C19H17FN4O/c20-16-9-5-4-8-15(16)13-22-19(25)17-10-11-18(24-23-17)21-12-14-6-2-1-3-7-14/h1-11H,12-13H2,(H,21,24)(H,22,25). The molecule has 0 atom stereocenters. The molecule has 1 aromatic heterocycles. The molecule has 3 aromatic rings. The molecule has 1 amide bonds. The van der Waals surface area contributed by atoms with Crippen molar-refractivity contribution >= 4 is 11.7 Å². The molecule has 0 bridgehead atoms. The lowest BCUT2D eigenvalue weighted by Gasteiger charge is -2.07. The number of carbonyl (C=O) groups excluding carboxylic acids is 1. The Hall–Kier alpha value is -3.28. The highest BCUT2D eigenvalue weighted by Gasteiger charge is 2.09. The fraction of sp³-hybridized carbons (Fsp3) is 0.105. The Kier molecular flexibility index (Phi) is 5.31. The average molecular weight is 336 g/mol. The van der Waals surface area contributed by atoms with E-state index in [9.17, 15) is 9.18 Å². The molecule has 0 saturated carbocycles. The first-order chi connectivity index (χ1) is 12.2. The van der Waals surface area contributed by atoms with Crippen LogP contribution in [0.5, 0.6) is 0 Å².